The van der Waals surface area contributed by atoms with E-state index in [4.69, 9.17) is 4.74 Å². The number of hydrogen-bond acceptors (Lipinski definition) is 5. The highest BCUT2D eigenvalue weighted by atomic mass is 16.5. The molecule has 2 fully saturated rings. The molecule has 1 aromatic carbocycles. The smallest absolute Gasteiger partial charge is 0.337 e. The quantitative estimate of drug-likeness (QED) is 0.721. The Morgan fingerprint density at radius 1 is 1.07 bits per heavy atom. The molecule has 27 heavy (non-hydrogen) atoms. The van der Waals surface area contributed by atoms with Gasteiger partial charge < -0.3 is 19.4 Å². The van der Waals surface area contributed by atoms with E-state index in [0.29, 0.717) is 37.4 Å². The molecule has 0 saturated carbocycles. The normalized spacial score (nSPS) is 20.0. The second-order valence-electron chi connectivity index (χ2n) is 6.78. The molecule has 3 amide bonds. The molecule has 3 rings (SSSR count). The highest BCUT2D eigenvalue weighted by molar-refractivity contribution is 6.01. The molecule has 0 radical (unpaired) electrons. The van der Waals surface area contributed by atoms with Crippen molar-refractivity contribution < 1.29 is 23.9 Å². The number of rotatable bonds is 3. The minimum atomic E-state index is -0.473. The summed E-state index contributed by atoms with van der Waals surface area (Å²) >= 11 is 0. The molecule has 0 aliphatic carbocycles. The summed E-state index contributed by atoms with van der Waals surface area (Å²) < 4.78 is 4.71. The minimum absolute atomic E-state index is 0.00908. The van der Waals surface area contributed by atoms with Crippen molar-refractivity contribution in [3.05, 3.63) is 29.8 Å². The van der Waals surface area contributed by atoms with Gasteiger partial charge in [-0.2, -0.15) is 0 Å². The number of nitrogens with zero attached hydrogens (tertiary/aromatic N) is 3. The molecule has 0 bridgehead atoms. The number of carbonyl (C=O) groups excluding carboxylic acids is 4. The fourth-order valence-corrected chi connectivity index (χ4v) is 3.54. The minimum Gasteiger partial charge on any atom is -0.465 e. The molecule has 144 valence electrons. The monoisotopic (exact) mass is 373 g/mol. The average molecular weight is 373 g/mol. The van der Waals surface area contributed by atoms with Crippen LogP contribution in [0.4, 0.5) is 5.69 Å². The molecule has 1 aromatic rings. The van der Waals surface area contributed by atoms with Crippen LogP contribution in [0.25, 0.3) is 0 Å². The zero-order valence-corrected chi connectivity index (χ0v) is 15.5. The van der Waals surface area contributed by atoms with Crippen LogP contribution in [-0.4, -0.2) is 73.3 Å². The first-order chi connectivity index (χ1) is 12.9. The Hall–Kier alpha value is -2.90. The molecule has 2 aliphatic heterocycles. The van der Waals surface area contributed by atoms with Crippen LogP contribution < -0.4 is 4.90 Å². The van der Waals surface area contributed by atoms with Gasteiger partial charge >= 0.3 is 5.97 Å². The molecule has 8 heteroatoms. The lowest BCUT2D eigenvalue weighted by molar-refractivity contribution is -0.141. The van der Waals surface area contributed by atoms with Crippen molar-refractivity contribution in [1.82, 2.24) is 9.80 Å². The average Bonchev–Trinajstić information content (AvgIpc) is 3.08. The molecule has 0 N–H and O–H groups in total. The number of piperazine rings is 1. The van der Waals surface area contributed by atoms with E-state index in [2.05, 4.69) is 0 Å². The van der Waals surface area contributed by atoms with Crippen molar-refractivity contribution in [1.29, 1.82) is 0 Å². The fourth-order valence-electron chi connectivity index (χ4n) is 3.54. The summed E-state index contributed by atoms with van der Waals surface area (Å²) in [4.78, 5) is 53.3. The fraction of sp³-hybridized carbons (Fsp3) is 0.474. The summed E-state index contributed by atoms with van der Waals surface area (Å²) in [5.41, 5.74) is 0.942. The molecule has 2 heterocycles. The van der Waals surface area contributed by atoms with Crippen molar-refractivity contribution in [2.24, 2.45) is 5.92 Å². The van der Waals surface area contributed by atoms with Gasteiger partial charge in [0.05, 0.1) is 18.6 Å². The molecule has 0 spiro atoms. The number of benzene rings is 1. The molecule has 8 nitrogen and oxygen atoms in total. The van der Waals surface area contributed by atoms with Gasteiger partial charge in [-0.1, -0.05) is 6.07 Å². The summed E-state index contributed by atoms with van der Waals surface area (Å²) in [5.74, 6) is -1.08. The zero-order chi connectivity index (χ0) is 19.6. The Labute approximate surface area is 157 Å². The van der Waals surface area contributed by atoms with Gasteiger partial charge in [0, 0.05) is 51.8 Å². The van der Waals surface area contributed by atoms with E-state index in [-0.39, 0.29) is 30.7 Å². The Kier molecular flexibility index (Phi) is 5.43. The Bertz CT molecular complexity index is 770. The van der Waals surface area contributed by atoms with Gasteiger partial charge in [-0.25, -0.2) is 4.79 Å². The number of methoxy groups -OCH3 is 1. The van der Waals surface area contributed by atoms with Crippen LogP contribution in [0.15, 0.2) is 24.3 Å². The zero-order valence-electron chi connectivity index (χ0n) is 15.5. The van der Waals surface area contributed by atoms with Crippen LogP contribution >= 0.6 is 0 Å². The lowest BCUT2D eigenvalue weighted by atomic mass is 10.1. The molecule has 0 aromatic heterocycles. The summed E-state index contributed by atoms with van der Waals surface area (Å²) in [6.07, 6.45) is 0.147. The maximum absolute atomic E-state index is 12.8. The van der Waals surface area contributed by atoms with Gasteiger partial charge in [0.15, 0.2) is 0 Å². The Morgan fingerprint density at radius 3 is 2.37 bits per heavy atom. The van der Waals surface area contributed by atoms with Crippen LogP contribution in [0.2, 0.25) is 0 Å². The van der Waals surface area contributed by atoms with E-state index in [9.17, 15) is 19.2 Å². The number of anilines is 1. The van der Waals surface area contributed by atoms with E-state index >= 15 is 0 Å². The first-order valence-electron chi connectivity index (χ1n) is 8.93. The lowest BCUT2D eigenvalue weighted by Gasteiger charge is -2.35. The summed E-state index contributed by atoms with van der Waals surface area (Å²) in [7, 11) is 1.30. The number of carbonyl (C=O) groups is 4. The molecule has 2 saturated heterocycles. The first kappa shape index (κ1) is 18.9. The third-order valence-corrected chi connectivity index (χ3v) is 5.09. The Morgan fingerprint density at radius 2 is 1.74 bits per heavy atom. The van der Waals surface area contributed by atoms with E-state index in [1.165, 1.54) is 14.0 Å². The SMILES string of the molecule is COC(=O)c1cccc(N2CC(C(=O)N3CCN(C(C)=O)CC3)CC2=O)c1. The van der Waals surface area contributed by atoms with Gasteiger partial charge in [0.25, 0.3) is 0 Å². The van der Waals surface area contributed by atoms with Crippen LogP contribution in [-0.2, 0) is 19.1 Å². The van der Waals surface area contributed by atoms with E-state index < -0.39 is 11.9 Å². The second-order valence-corrected chi connectivity index (χ2v) is 6.78. The van der Waals surface area contributed by atoms with Gasteiger partial charge in [-0.05, 0) is 18.2 Å². The van der Waals surface area contributed by atoms with E-state index in [1.807, 2.05) is 0 Å². The number of ether oxygens (including phenoxy) is 1. The van der Waals surface area contributed by atoms with Crippen molar-refractivity contribution in [2.45, 2.75) is 13.3 Å². The number of hydrogen-bond donors (Lipinski definition) is 0. The molecule has 1 unspecified atom stereocenters. The number of amides is 3. The molecular weight excluding hydrogens is 350 g/mol. The number of esters is 1. The molecule has 2 aliphatic rings. The van der Waals surface area contributed by atoms with Crippen molar-refractivity contribution in [3.63, 3.8) is 0 Å². The Balaban J connectivity index is 1.66. The summed E-state index contributed by atoms with van der Waals surface area (Å²) in [5, 5.41) is 0. The van der Waals surface area contributed by atoms with Crippen molar-refractivity contribution in [2.75, 3.05) is 44.7 Å². The van der Waals surface area contributed by atoms with Gasteiger partial charge in [0.1, 0.15) is 0 Å². The summed E-state index contributed by atoms with van der Waals surface area (Å²) in [6, 6.07) is 6.64. The summed E-state index contributed by atoms with van der Waals surface area (Å²) in [6.45, 7) is 3.82. The third-order valence-electron chi connectivity index (χ3n) is 5.09. The predicted octanol–water partition coefficient (Wildman–Crippen LogP) is 0.517. The van der Waals surface area contributed by atoms with Crippen LogP contribution in [0.1, 0.15) is 23.7 Å². The van der Waals surface area contributed by atoms with E-state index in [1.54, 1.807) is 39.0 Å². The highest BCUT2D eigenvalue weighted by Gasteiger charge is 2.38. The maximum Gasteiger partial charge on any atom is 0.337 e. The second kappa shape index (κ2) is 7.77. The van der Waals surface area contributed by atoms with Crippen LogP contribution in [0, 0.1) is 5.92 Å². The van der Waals surface area contributed by atoms with Crippen LogP contribution in [0.3, 0.4) is 0 Å². The van der Waals surface area contributed by atoms with Crippen molar-refractivity contribution >= 4 is 29.4 Å². The standard InChI is InChI=1S/C19H23N3O5/c1-13(23)20-6-8-21(9-7-20)18(25)15-11-17(24)22(12-15)16-5-3-4-14(10-16)19(26)27-2/h3-5,10,15H,6-9,11-12H2,1-2H3. The third kappa shape index (κ3) is 3.94. The lowest BCUT2D eigenvalue weighted by Crippen LogP contribution is -2.51. The predicted molar refractivity (Wildman–Crippen MR) is 97.1 cm³/mol. The molecular formula is C19H23N3O5. The first-order valence-corrected chi connectivity index (χ1v) is 8.93. The van der Waals surface area contributed by atoms with Crippen molar-refractivity contribution in [3.8, 4) is 0 Å². The maximum atomic E-state index is 12.8. The molecule has 1 atom stereocenters. The van der Waals surface area contributed by atoms with Crippen LogP contribution in [0.5, 0.6) is 0 Å². The topological polar surface area (TPSA) is 87.2 Å². The van der Waals surface area contributed by atoms with E-state index in [0.717, 1.165) is 0 Å². The van der Waals surface area contributed by atoms with Gasteiger partial charge in [0.2, 0.25) is 17.7 Å². The van der Waals surface area contributed by atoms with Gasteiger partial charge in [-0.15, -0.1) is 0 Å². The highest BCUT2D eigenvalue weighted by Crippen LogP contribution is 2.27. The largest absolute Gasteiger partial charge is 0.465 e. The van der Waals surface area contributed by atoms with Gasteiger partial charge in [-0.3, -0.25) is 14.4 Å².